The number of ether oxygens (including phenoxy) is 5. The number of hydrogen-bond acceptors (Lipinski definition) is 14. The van der Waals surface area contributed by atoms with Crippen LogP contribution in [0.5, 0.6) is 0 Å². The largest absolute Gasteiger partial charge is 0.463 e. The fourth-order valence-electron chi connectivity index (χ4n) is 17.0. The zero-order valence-corrected chi connectivity index (χ0v) is 42.5. The number of carbonyl (C=O) groups is 5. The summed E-state index contributed by atoms with van der Waals surface area (Å²) in [6, 6.07) is 0. The number of alkyl halides is 2. The Bertz CT molecular complexity index is 2130. The molecule has 0 radical (unpaired) electrons. The Labute approximate surface area is 406 Å². The number of rotatable bonds is 19. The van der Waals surface area contributed by atoms with Crippen LogP contribution in [0.4, 0.5) is 8.78 Å². The van der Waals surface area contributed by atoms with Crippen molar-refractivity contribution in [1.82, 2.24) is 0 Å². The maximum absolute atomic E-state index is 15.5. The topological polar surface area (TPSA) is 195 Å². The normalized spacial score (nSPS) is 40.7. The quantitative estimate of drug-likeness (QED) is 0.0738. The van der Waals surface area contributed by atoms with E-state index in [2.05, 4.69) is 18.0 Å². The van der Waals surface area contributed by atoms with Crippen molar-refractivity contribution < 1.29 is 74.1 Å². The molecule has 0 aromatic heterocycles. The summed E-state index contributed by atoms with van der Waals surface area (Å²) in [5, 5.41) is 7.08. The Balaban J connectivity index is 1.07. The SMILES string of the molecule is COS(=O)(=O)C(F)(F)COC(=O)C(C)(C)CC(C)(CC(CC(C)(CC1C2CCC(C2)C1C)C(=O)OC1(C)C2CC3CC(C2)CC1C3)C(=O)OC1CCOC1=O)C(=O)OC12CC3CC(CC(O)(C3)C1)C2. The van der Waals surface area contributed by atoms with E-state index in [0.717, 1.165) is 51.4 Å². The van der Waals surface area contributed by atoms with E-state index in [9.17, 15) is 31.9 Å². The van der Waals surface area contributed by atoms with Crippen LogP contribution in [-0.2, 0) is 62.0 Å². The van der Waals surface area contributed by atoms with E-state index in [-0.39, 0.29) is 61.9 Å². The van der Waals surface area contributed by atoms with Gasteiger partial charge in [-0.3, -0.25) is 23.4 Å². The van der Waals surface area contributed by atoms with Gasteiger partial charge in [-0.05, 0) is 203 Å². The predicted octanol–water partition coefficient (Wildman–Crippen LogP) is 8.24. The van der Waals surface area contributed by atoms with Crippen LogP contribution in [0.1, 0.15) is 164 Å². The molecule has 1 saturated heterocycles. The minimum Gasteiger partial charge on any atom is -0.463 e. The first kappa shape index (κ1) is 51.0. The molecule has 0 aromatic rings. The van der Waals surface area contributed by atoms with Crippen LogP contribution in [0.2, 0.25) is 0 Å². The lowest BCUT2D eigenvalue weighted by Crippen LogP contribution is -2.61. The molecule has 388 valence electrons. The Morgan fingerprint density at radius 2 is 1.38 bits per heavy atom. The summed E-state index contributed by atoms with van der Waals surface area (Å²) in [5.41, 5.74) is -7.62. The number of carbonyl (C=O) groups excluding carboxylic acids is 5. The molecule has 11 fully saturated rings. The summed E-state index contributed by atoms with van der Waals surface area (Å²) in [5.74, 6) is -1.95. The highest BCUT2D eigenvalue weighted by molar-refractivity contribution is 7.87. The molecule has 1 heterocycles. The lowest BCUT2D eigenvalue weighted by atomic mass is 9.50. The highest BCUT2D eigenvalue weighted by atomic mass is 32.2. The molecule has 10 unspecified atom stereocenters. The lowest BCUT2D eigenvalue weighted by molar-refractivity contribution is -0.227. The molecule has 10 aliphatic carbocycles. The summed E-state index contributed by atoms with van der Waals surface area (Å²) in [6.07, 6.45) is 10.2. The summed E-state index contributed by atoms with van der Waals surface area (Å²) in [6.45, 7) is 8.67. The third-order valence-corrected chi connectivity index (χ3v) is 21.1. The van der Waals surface area contributed by atoms with Gasteiger partial charge in [0, 0.05) is 12.8 Å². The van der Waals surface area contributed by atoms with Crippen LogP contribution < -0.4 is 0 Å². The van der Waals surface area contributed by atoms with E-state index in [0.29, 0.717) is 68.8 Å². The fourth-order valence-corrected chi connectivity index (χ4v) is 17.4. The molecule has 10 bridgehead atoms. The zero-order chi connectivity index (χ0) is 49.9. The van der Waals surface area contributed by atoms with Crippen LogP contribution in [0.15, 0.2) is 0 Å². The monoisotopic (exact) mass is 994 g/mol. The van der Waals surface area contributed by atoms with Gasteiger partial charge in [-0.1, -0.05) is 6.92 Å². The van der Waals surface area contributed by atoms with Crippen molar-refractivity contribution >= 4 is 40.0 Å². The van der Waals surface area contributed by atoms with E-state index >= 15 is 14.4 Å². The second kappa shape index (κ2) is 17.6. The maximum atomic E-state index is 15.5. The Morgan fingerprint density at radius 3 is 1.93 bits per heavy atom. The maximum Gasteiger partial charge on any atom is 0.403 e. The molecule has 0 spiro atoms. The summed E-state index contributed by atoms with van der Waals surface area (Å²) < 4.78 is 87.4. The van der Waals surface area contributed by atoms with Crippen molar-refractivity contribution in [1.29, 1.82) is 0 Å². The zero-order valence-electron chi connectivity index (χ0n) is 41.7. The fraction of sp³-hybridized carbons (Fsp3) is 0.904. The van der Waals surface area contributed by atoms with Crippen molar-refractivity contribution in [2.24, 2.45) is 81.3 Å². The van der Waals surface area contributed by atoms with Gasteiger partial charge < -0.3 is 28.8 Å². The Kier molecular flexibility index (Phi) is 13.0. The number of cyclic esters (lactones) is 1. The summed E-state index contributed by atoms with van der Waals surface area (Å²) >= 11 is 0. The first-order valence-electron chi connectivity index (χ1n) is 26.0. The molecular weight excluding hydrogens is 919 g/mol. The second-order valence-electron chi connectivity index (χ2n) is 25.7. The molecule has 1 aliphatic heterocycles. The molecule has 0 amide bonds. The van der Waals surface area contributed by atoms with Crippen molar-refractivity contribution in [2.45, 2.75) is 192 Å². The van der Waals surface area contributed by atoms with Crippen molar-refractivity contribution in [3.8, 4) is 0 Å². The first-order valence-corrected chi connectivity index (χ1v) is 27.4. The van der Waals surface area contributed by atoms with Crippen LogP contribution in [0.25, 0.3) is 0 Å². The van der Waals surface area contributed by atoms with Gasteiger partial charge in [0.05, 0.1) is 41.5 Å². The molecular formula is C52H76F2O14S. The molecule has 0 aromatic carbocycles. The average Bonchev–Trinajstić information content (AvgIpc) is 3.97. The Hall–Kier alpha value is -2.92. The summed E-state index contributed by atoms with van der Waals surface area (Å²) in [4.78, 5) is 72.6. The van der Waals surface area contributed by atoms with Gasteiger partial charge in [0.15, 0.2) is 6.61 Å². The third-order valence-electron chi connectivity index (χ3n) is 19.8. The minimum atomic E-state index is -5.44. The second-order valence-corrected chi connectivity index (χ2v) is 27.5. The van der Waals surface area contributed by atoms with Crippen LogP contribution in [0.3, 0.4) is 0 Å². The van der Waals surface area contributed by atoms with Gasteiger partial charge in [-0.25, -0.2) is 4.79 Å². The molecule has 10 atom stereocenters. The van der Waals surface area contributed by atoms with E-state index in [4.69, 9.17) is 23.7 Å². The van der Waals surface area contributed by atoms with Crippen LogP contribution in [0, 0.1) is 81.3 Å². The molecule has 17 heteroatoms. The number of halogens is 2. The van der Waals surface area contributed by atoms with Gasteiger partial charge in [0.1, 0.15) is 11.2 Å². The van der Waals surface area contributed by atoms with Crippen LogP contribution >= 0.6 is 0 Å². The molecule has 11 aliphatic rings. The smallest absolute Gasteiger partial charge is 0.403 e. The van der Waals surface area contributed by atoms with Crippen molar-refractivity contribution in [2.75, 3.05) is 20.3 Å². The lowest BCUT2D eigenvalue weighted by Gasteiger charge is -2.59. The third kappa shape index (κ3) is 9.50. The van der Waals surface area contributed by atoms with Gasteiger partial charge in [0.2, 0.25) is 6.10 Å². The average molecular weight is 995 g/mol. The standard InChI is InChI=1S/C52H76F2O14S/c1-29-34-8-9-35(18-34)39(29)25-47(4,44(58)67-49(6)37-14-30-12-31(16-37)17-38(49)15-30)23-36(41(55)66-40-10-11-64-42(40)56)24-48(5,26-46(2,3)43(57)65-28-52(53,54)69(61,62)63-7)45(59)68-51-21-32-13-33(22-51)20-50(60,19-32)27-51/h29-40,60H,8-28H2,1-7H3. The number of aliphatic hydroxyl groups is 1. The van der Waals surface area contributed by atoms with E-state index in [1.54, 1.807) is 0 Å². The van der Waals surface area contributed by atoms with Gasteiger partial charge in [-0.15, -0.1) is 0 Å². The predicted molar refractivity (Wildman–Crippen MR) is 243 cm³/mol. The highest BCUT2D eigenvalue weighted by Crippen LogP contribution is 2.63. The van der Waals surface area contributed by atoms with Gasteiger partial charge in [-0.2, -0.15) is 17.2 Å². The Morgan fingerprint density at radius 1 is 0.797 bits per heavy atom. The number of esters is 5. The van der Waals surface area contributed by atoms with Crippen molar-refractivity contribution in [3.63, 3.8) is 0 Å². The van der Waals surface area contributed by atoms with Gasteiger partial charge >= 0.3 is 45.2 Å². The van der Waals surface area contributed by atoms with Crippen LogP contribution in [-0.4, -0.2) is 91.9 Å². The summed E-state index contributed by atoms with van der Waals surface area (Å²) in [7, 11) is -4.88. The van der Waals surface area contributed by atoms with E-state index in [1.807, 2.05) is 6.92 Å². The highest BCUT2D eigenvalue weighted by Gasteiger charge is 2.63. The molecule has 1 N–H and O–H groups in total. The first-order chi connectivity index (χ1) is 32.1. The molecule has 10 saturated carbocycles. The molecule has 11 rings (SSSR count). The van der Waals surface area contributed by atoms with E-state index < -0.39 is 103 Å². The molecule has 14 nitrogen and oxygen atoms in total. The minimum absolute atomic E-state index is 0.0394. The number of hydrogen-bond donors (Lipinski definition) is 1. The number of fused-ring (bicyclic) bond motifs is 2. The molecule has 69 heavy (non-hydrogen) atoms. The van der Waals surface area contributed by atoms with Crippen molar-refractivity contribution in [3.05, 3.63) is 0 Å². The van der Waals surface area contributed by atoms with Gasteiger partial charge in [0.25, 0.3) is 0 Å². The van der Waals surface area contributed by atoms with E-state index in [1.165, 1.54) is 27.2 Å².